The molecule has 2 aromatic rings. The molecule has 0 unspecified atom stereocenters. The molecule has 1 aliphatic rings. The monoisotopic (exact) mass is 472 g/mol. The highest BCUT2D eigenvalue weighted by Gasteiger charge is 2.25. The first-order valence-electron chi connectivity index (χ1n) is 8.59. The topological polar surface area (TPSA) is 78.9 Å². The van der Waals surface area contributed by atoms with Crippen molar-refractivity contribution in [2.24, 2.45) is 4.99 Å². The van der Waals surface area contributed by atoms with Gasteiger partial charge in [0.05, 0.1) is 19.1 Å². The van der Waals surface area contributed by atoms with Gasteiger partial charge in [-0.25, -0.2) is 4.98 Å². The lowest BCUT2D eigenvalue weighted by atomic mass is 10.3. The molecule has 0 bridgehead atoms. The van der Waals surface area contributed by atoms with Crippen molar-refractivity contribution in [3.05, 3.63) is 42.9 Å². The fourth-order valence-corrected chi connectivity index (χ4v) is 2.79. The summed E-state index contributed by atoms with van der Waals surface area (Å²) in [5.41, 5.74) is 0. The van der Waals surface area contributed by atoms with Crippen LogP contribution >= 0.6 is 24.0 Å². The molecule has 1 N–H and O–H groups in total. The number of halogens is 1. The van der Waals surface area contributed by atoms with Gasteiger partial charge in [-0.15, -0.1) is 24.0 Å². The zero-order valence-electron chi connectivity index (χ0n) is 14.9. The van der Waals surface area contributed by atoms with Crippen LogP contribution in [-0.2, 0) is 6.54 Å². The minimum atomic E-state index is -0.0494. The number of nitrogens with one attached hydrogen (secondary N) is 1. The van der Waals surface area contributed by atoms with Crippen LogP contribution in [0.4, 0.5) is 0 Å². The SMILES string of the molecule is CCNC(=NCCn1ccnc1)N1CCN(C(=O)c2ccco2)CC1.I. The lowest BCUT2D eigenvalue weighted by molar-refractivity contribution is 0.0657. The van der Waals surface area contributed by atoms with Crippen molar-refractivity contribution in [1.82, 2.24) is 24.7 Å². The Balaban J connectivity index is 0.00000243. The third kappa shape index (κ3) is 5.23. The number of aliphatic imine (C=N–C) groups is 1. The molecule has 0 aliphatic carbocycles. The maximum absolute atomic E-state index is 12.3. The van der Waals surface area contributed by atoms with Crippen LogP contribution in [0.25, 0.3) is 0 Å². The molecule has 0 aromatic carbocycles. The highest BCUT2D eigenvalue weighted by atomic mass is 127. The summed E-state index contributed by atoms with van der Waals surface area (Å²) in [5, 5.41) is 3.33. The van der Waals surface area contributed by atoms with Crippen LogP contribution in [0.1, 0.15) is 17.5 Å². The summed E-state index contributed by atoms with van der Waals surface area (Å²) in [7, 11) is 0. The normalized spacial score (nSPS) is 14.9. The first kappa shape index (κ1) is 20.3. The van der Waals surface area contributed by atoms with E-state index in [1.807, 2.05) is 15.7 Å². The average Bonchev–Trinajstić information content (AvgIpc) is 3.34. The lowest BCUT2D eigenvalue weighted by Gasteiger charge is -2.36. The fraction of sp³-hybridized carbons (Fsp3) is 0.471. The smallest absolute Gasteiger partial charge is 0.289 e. The van der Waals surface area contributed by atoms with Crippen LogP contribution in [0.3, 0.4) is 0 Å². The van der Waals surface area contributed by atoms with Crippen molar-refractivity contribution >= 4 is 35.8 Å². The zero-order chi connectivity index (χ0) is 17.5. The molecule has 1 fully saturated rings. The number of hydrogen-bond acceptors (Lipinski definition) is 4. The molecule has 8 nitrogen and oxygen atoms in total. The maximum atomic E-state index is 12.3. The third-order valence-electron chi connectivity index (χ3n) is 4.11. The highest BCUT2D eigenvalue weighted by Crippen LogP contribution is 2.09. The van der Waals surface area contributed by atoms with Crippen molar-refractivity contribution in [1.29, 1.82) is 0 Å². The van der Waals surface area contributed by atoms with Crippen LogP contribution in [0.2, 0.25) is 0 Å². The summed E-state index contributed by atoms with van der Waals surface area (Å²) in [6.07, 6.45) is 7.02. The summed E-state index contributed by atoms with van der Waals surface area (Å²) in [5.74, 6) is 1.24. The number of imidazole rings is 1. The Labute approximate surface area is 170 Å². The number of piperazine rings is 1. The molecule has 3 heterocycles. The Kier molecular flexibility index (Phi) is 7.95. The first-order valence-corrected chi connectivity index (χ1v) is 8.59. The molecule has 2 aromatic heterocycles. The van der Waals surface area contributed by atoms with Crippen LogP contribution in [0.5, 0.6) is 0 Å². The maximum Gasteiger partial charge on any atom is 0.289 e. The van der Waals surface area contributed by atoms with E-state index in [0.717, 1.165) is 32.1 Å². The Hall–Kier alpha value is -2.04. The molecule has 142 valence electrons. The molecular weight excluding hydrogens is 447 g/mol. The van der Waals surface area contributed by atoms with Crippen molar-refractivity contribution in [3.8, 4) is 0 Å². The van der Waals surface area contributed by atoms with Crippen LogP contribution in [0.15, 0.2) is 46.5 Å². The number of hydrogen-bond donors (Lipinski definition) is 1. The van der Waals surface area contributed by atoms with Gasteiger partial charge in [-0.05, 0) is 19.1 Å². The second-order valence-corrected chi connectivity index (χ2v) is 5.79. The summed E-state index contributed by atoms with van der Waals surface area (Å²) in [6.45, 7) is 7.18. The number of carbonyl (C=O) groups excluding carboxylic acids is 1. The summed E-state index contributed by atoms with van der Waals surface area (Å²) >= 11 is 0. The molecule has 26 heavy (non-hydrogen) atoms. The quantitative estimate of drug-likeness (QED) is 0.406. The zero-order valence-corrected chi connectivity index (χ0v) is 17.2. The van der Waals surface area contributed by atoms with Gasteiger partial charge < -0.3 is 24.1 Å². The van der Waals surface area contributed by atoms with Gasteiger partial charge in [-0.3, -0.25) is 9.79 Å². The molecule has 0 atom stereocenters. The molecule has 0 saturated carbocycles. The fourth-order valence-electron chi connectivity index (χ4n) is 2.79. The van der Waals surface area contributed by atoms with Gasteiger partial charge in [0.25, 0.3) is 5.91 Å². The largest absolute Gasteiger partial charge is 0.459 e. The number of guanidine groups is 1. The van der Waals surface area contributed by atoms with Crippen molar-refractivity contribution in [2.45, 2.75) is 13.5 Å². The van der Waals surface area contributed by atoms with Gasteiger partial charge in [-0.1, -0.05) is 0 Å². The Bertz CT molecular complexity index is 678. The van der Waals surface area contributed by atoms with Gasteiger partial charge >= 0.3 is 0 Å². The average molecular weight is 472 g/mol. The van der Waals surface area contributed by atoms with Crippen molar-refractivity contribution in [3.63, 3.8) is 0 Å². The predicted molar refractivity (Wildman–Crippen MR) is 110 cm³/mol. The summed E-state index contributed by atoms with van der Waals surface area (Å²) in [4.78, 5) is 25.1. The number of furan rings is 1. The first-order chi connectivity index (χ1) is 12.3. The molecular formula is C17H25IN6O2. The van der Waals surface area contributed by atoms with Gasteiger partial charge in [0.15, 0.2) is 11.7 Å². The standard InChI is InChI=1S/C17H24N6O2.HI/c1-2-19-17(20-6-8-21-7-5-18-14-21)23-11-9-22(10-12-23)16(24)15-4-3-13-25-15;/h3-5,7,13-14H,2,6,8-12H2,1H3,(H,19,20);1H. The van der Waals surface area contributed by atoms with E-state index >= 15 is 0 Å². The van der Waals surface area contributed by atoms with E-state index in [9.17, 15) is 4.79 Å². The number of carbonyl (C=O) groups is 1. The second-order valence-electron chi connectivity index (χ2n) is 5.79. The number of amides is 1. The van der Waals surface area contributed by atoms with E-state index in [2.05, 4.69) is 22.1 Å². The molecule has 1 amide bonds. The van der Waals surface area contributed by atoms with Crippen molar-refractivity contribution < 1.29 is 9.21 Å². The summed E-state index contributed by atoms with van der Waals surface area (Å²) < 4.78 is 7.21. The van der Waals surface area contributed by atoms with Gasteiger partial charge in [-0.2, -0.15) is 0 Å². The van der Waals surface area contributed by atoms with E-state index in [4.69, 9.17) is 9.41 Å². The minimum absolute atomic E-state index is 0. The van der Waals surface area contributed by atoms with E-state index in [-0.39, 0.29) is 29.9 Å². The van der Waals surface area contributed by atoms with E-state index in [0.29, 0.717) is 25.4 Å². The number of rotatable bonds is 5. The van der Waals surface area contributed by atoms with E-state index < -0.39 is 0 Å². The molecule has 9 heteroatoms. The predicted octanol–water partition coefficient (Wildman–Crippen LogP) is 1.52. The number of nitrogens with zero attached hydrogens (tertiary/aromatic N) is 5. The Morgan fingerprint density at radius 3 is 2.69 bits per heavy atom. The Morgan fingerprint density at radius 2 is 2.08 bits per heavy atom. The van der Waals surface area contributed by atoms with E-state index in [1.165, 1.54) is 6.26 Å². The molecule has 0 spiro atoms. The number of aromatic nitrogens is 2. The Morgan fingerprint density at radius 1 is 1.31 bits per heavy atom. The lowest BCUT2D eigenvalue weighted by Crippen LogP contribution is -2.53. The minimum Gasteiger partial charge on any atom is -0.459 e. The third-order valence-corrected chi connectivity index (χ3v) is 4.11. The van der Waals surface area contributed by atoms with Gasteiger partial charge in [0.2, 0.25) is 0 Å². The van der Waals surface area contributed by atoms with Crippen LogP contribution < -0.4 is 5.32 Å². The van der Waals surface area contributed by atoms with Crippen LogP contribution in [0, 0.1) is 0 Å². The van der Waals surface area contributed by atoms with Gasteiger partial charge in [0.1, 0.15) is 0 Å². The molecule has 1 aliphatic heterocycles. The molecule has 1 saturated heterocycles. The highest BCUT2D eigenvalue weighted by molar-refractivity contribution is 14.0. The van der Waals surface area contributed by atoms with Gasteiger partial charge in [0, 0.05) is 51.7 Å². The van der Waals surface area contributed by atoms with Crippen molar-refractivity contribution in [2.75, 3.05) is 39.3 Å². The molecule has 3 rings (SSSR count). The second kappa shape index (κ2) is 10.2. The summed E-state index contributed by atoms with van der Waals surface area (Å²) in [6, 6.07) is 3.44. The molecule has 0 radical (unpaired) electrons. The van der Waals surface area contributed by atoms with Crippen LogP contribution in [-0.4, -0.2) is 70.5 Å². The van der Waals surface area contributed by atoms with E-state index in [1.54, 1.807) is 24.7 Å².